The van der Waals surface area contributed by atoms with Crippen LogP contribution in [0.4, 0.5) is 13.2 Å². The highest BCUT2D eigenvalue weighted by atomic mass is 79.9. The first-order chi connectivity index (χ1) is 9.29. The van der Waals surface area contributed by atoms with E-state index in [-0.39, 0.29) is 16.1 Å². The molecule has 2 rings (SSSR count). The molecule has 0 saturated carbocycles. The molecule has 0 N–H and O–H groups in total. The SMILES string of the molecule is O=C(c1ccc(C(F)(F)F)cc1)c1cc(Br)ccc1Cl. The Balaban J connectivity index is 2.37. The highest BCUT2D eigenvalue weighted by Gasteiger charge is 2.30. The molecule has 104 valence electrons. The van der Waals surface area contributed by atoms with Crippen LogP contribution in [0.2, 0.25) is 5.02 Å². The number of carbonyl (C=O) groups excluding carboxylic acids is 1. The number of carbonyl (C=O) groups is 1. The molecule has 6 heteroatoms. The summed E-state index contributed by atoms with van der Waals surface area (Å²) in [5.41, 5.74) is -0.409. The largest absolute Gasteiger partial charge is 0.416 e. The lowest BCUT2D eigenvalue weighted by molar-refractivity contribution is -0.137. The van der Waals surface area contributed by atoms with Crippen molar-refractivity contribution in [3.63, 3.8) is 0 Å². The minimum atomic E-state index is -4.42. The molecule has 2 aromatic rings. The number of ketones is 1. The van der Waals surface area contributed by atoms with E-state index in [2.05, 4.69) is 15.9 Å². The number of hydrogen-bond acceptors (Lipinski definition) is 1. The molecule has 0 amide bonds. The number of hydrogen-bond donors (Lipinski definition) is 0. The topological polar surface area (TPSA) is 17.1 Å². The predicted octanol–water partition coefficient (Wildman–Crippen LogP) is 5.35. The maximum Gasteiger partial charge on any atom is 0.416 e. The Labute approximate surface area is 126 Å². The molecule has 0 bridgehead atoms. The molecule has 0 spiro atoms. The Morgan fingerprint density at radius 1 is 1.05 bits per heavy atom. The minimum absolute atomic E-state index is 0.151. The lowest BCUT2D eigenvalue weighted by atomic mass is 10.0. The Morgan fingerprint density at radius 3 is 2.20 bits per heavy atom. The third-order valence-corrected chi connectivity index (χ3v) is 3.47. The van der Waals surface area contributed by atoms with Gasteiger partial charge < -0.3 is 0 Å². The number of rotatable bonds is 2. The fraction of sp³-hybridized carbons (Fsp3) is 0.0714. The van der Waals surface area contributed by atoms with Crippen LogP contribution in [-0.4, -0.2) is 5.78 Å². The van der Waals surface area contributed by atoms with E-state index in [1.165, 1.54) is 6.07 Å². The maximum atomic E-state index is 12.4. The average molecular weight is 364 g/mol. The van der Waals surface area contributed by atoms with Crippen LogP contribution in [0.25, 0.3) is 0 Å². The fourth-order valence-corrected chi connectivity index (χ4v) is 2.20. The highest BCUT2D eigenvalue weighted by molar-refractivity contribution is 9.10. The van der Waals surface area contributed by atoms with Crippen molar-refractivity contribution in [3.05, 3.63) is 68.7 Å². The molecule has 0 atom stereocenters. The predicted molar refractivity (Wildman–Crippen MR) is 74.0 cm³/mol. The summed E-state index contributed by atoms with van der Waals surface area (Å²) in [6.45, 7) is 0. The summed E-state index contributed by atoms with van der Waals surface area (Å²) in [6.07, 6.45) is -4.42. The Hall–Kier alpha value is -1.33. The normalized spacial score (nSPS) is 11.4. The molecular weight excluding hydrogens is 357 g/mol. The summed E-state index contributed by atoms with van der Waals surface area (Å²) in [4.78, 5) is 12.2. The maximum absolute atomic E-state index is 12.4. The van der Waals surface area contributed by atoms with E-state index in [0.717, 1.165) is 24.3 Å². The molecule has 0 saturated heterocycles. The van der Waals surface area contributed by atoms with Crippen molar-refractivity contribution in [1.82, 2.24) is 0 Å². The lowest BCUT2D eigenvalue weighted by Gasteiger charge is -2.08. The molecule has 0 heterocycles. The number of halogens is 5. The van der Waals surface area contributed by atoms with Gasteiger partial charge in [-0.25, -0.2) is 0 Å². The van der Waals surface area contributed by atoms with Crippen molar-refractivity contribution in [3.8, 4) is 0 Å². The first-order valence-electron chi connectivity index (χ1n) is 5.46. The molecule has 20 heavy (non-hydrogen) atoms. The van der Waals surface area contributed by atoms with Crippen molar-refractivity contribution in [2.24, 2.45) is 0 Å². The second-order valence-electron chi connectivity index (χ2n) is 4.03. The van der Waals surface area contributed by atoms with E-state index in [9.17, 15) is 18.0 Å². The van der Waals surface area contributed by atoms with Crippen molar-refractivity contribution in [2.75, 3.05) is 0 Å². The van der Waals surface area contributed by atoms with Crippen molar-refractivity contribution in [2.45, 2.75) is 6.18 Å². The van der Waals surface area contributed by atoms with Crippen molar-refractivity contribution in [1.29, 1.82) is 0 Å². The van der Waals surface area contributed by atoms with Gasteiger partial charge in [0.1, 0.15) is 0 Å². The fourth-order valence-electron chi connectivity index (χ4n) is 1.64. The van der Waals surface area contributed by atoms with Crippen LogP contribution < -0.4 is 0 Å². The van der Waals surface area contributed by atoms with Gasteiger partial charge in [0.25, 0.3) is 0 Å². The molecule has 0 aromatic heterocycles. The van der Waals surface area contributed by atoms with E-state index >= 15 is 0 Å². The molecule has 0 aliphatic rings. The molecule has 0 aliphatic heterocycles. The zero-order valence-corrected chi connectivity index (χ0v) is 12.2. The summed E-state index contributed by atoms with van der Waals surface area (Å²) in [5.74, 6) is -0.426. The first-order valence-corrected chi connectivity index (χ1v) is 6.63. The summed E-state index contributed by atoms with van der Waals surface area (Å²) in [7, 11) is 0. The van der Waals surface area contributed by atoms with E-state index in [1.54, 1.807) is 12.1 Å². The second-order valence-corrected chi connectivity index (χ2v) is 5.35. The van der Waals surface area contributed by atoms with E-state index in [4.69, 9.17) is 11.6 Å². The Bertz CT molecular complexity index is 650. The standard InChI is InChI=1S/C14H7BrClF3O/c15-10-5-6-12(16)11(7-10)13(20)8-1-3-9(4-2-8)14(17,18)19/h1-7H. The lowest BCUT2D eigenvalue weighted by Crippen LogP contribution is -2.07. The van der Waals surface area contributed by atoms with Crippen LogP contribution in [0.15, 0.2) is 46.9 Å². The van der Waals surface area contributed by atoms with Crippen LogP contribution in [0.1, 0.15) is 21.5 Å². The van der Waals surface area contributed by atoms with Gasteiger partial charge in [-0.2, -0.15) is 13.2 Å². The smallest absolute Gasteiger partial charge is 0.289 e. The van der Waals surface area contributed by atoms with E-state index < -0.39 is 17.5 Å². The zero-order chi connectivity index (χ0) is 14.9. The number of alkyl halides is 3. The van der Waals surface area contributed by atoms with E-state index in [0.29, 0.717) is 4.47 Å². The molecule has 0 radical (unpaired) electrons. The van der Waals surface area contributed by atoms with Gasteiger partial charge >= 0.3 is 6.18 Å². The van der Waals surface area contributed by atoms with Crippen molar-refractivity contribution >= 4 is 33.3 Å². The molecular formula is C14H7BrClF3O. The van der Waals surface area contributed by atoms with Gasteiger partial charge in [0.05, 0.1) is 10.6 Å². The van der Waals surface area contributed by atoms with Crippen molar-refractivity contribution < 1.29 is 18.0 Å². The van der Waals surface area contributed by atoms with Crippen LogP contribution in [0.3, 0.4) is 0 Å². The summed E-state index contributed by atoms with van der Waals surface area (Å²) in [5, 5.41) is 0.248. The van der Waals surface area contributed by atoms with Gasteiger partial charge in [0.15, 0.2) is 5.78 Å². The van der Waals surface area contributed by atoms with Crippen LogP contribution >= 0.6 is 27.5 Å². The zero-order valence-electron chi connectivity index (χ0n) is 9.84. The summed E-state index contributed by atoms with van der Waals surface area (Å²) in [6, 6.07) is 8.78. The first kappa shape index (κ1) is 15.1. The van der Waals surface area contributed by atoms with Gasteiger partial charge in [-0.1, -0.05) is 39.7 Å². The summed E-state index contributed by atoms with van der Waals surface area (Å²) >= 11 is 9.14. The third-order valence-electron chi connectivity index (χ3n) is 2.65. The van der Waals surface area contributed by atoms with Gasteiger partial charge in [0, 0.05) is 15.6 Å². The highest BCUT2D eigenvalue weighted by Crippen LogP contribution is 2.30. The molecule has 0 fully saturated rings. The quantitative estimate of drug-likeness (QED) is 0.657. The summed E-state index contributed by atoms with van der Waals surface area (Å²) < 4.78 is 38.0. The monoisotopic (exact) mass is 362 g/mol. The van der Waals surface area contributed by atoms with Crippen LogP contribution in [-0.2, 0) is 6.18 Å². The molecule has 0 aliphatic carbocycles. The van der Waals surface area contributed by atoms with Gasteiger partial charge in [-0.05, 0) is 30.3 Å². The van der Waals surface area contributed by atoms with E-state index in [1.807, 2.05) is 0 Å². The van der Waals surface area contributed by atoms with Crippen LogP contribution in [0, 0.1) is 0 Å². The van der Waals surface area contributed by atoms with Gasteiger partial charge in [-0.3, -0.25) is 4.79 Å². The molecule has 1 nitrogen and oxygen atoms in total. The average Bonchev–Trinajstić information content (AvgIpc) is 2.40. The Kier molecular flexibility index (Phi) is 4.20. The molecule has 0 unspecified atom stereocenters. The second kappa shape index (κ2) is 5.58. The Morgan fingerprint density at radius 2 is 1.65 bits per heavy atom. The minimum Gasteiger partial charge on any atom is -0.289 e. The van der Waals surface area contributed by atoms with Crippen LogP contribution in [0.5, 0.6) is 0 Å². The van der Waals surface area contributed by atoms with Gasteiger partial charge in [0.2, 0.25) is 0 Å². The number of benzene rings is 2. The third kappa shape index (κ3) is 3.22. The molecule has 2 aromatic carbocycles. The van der Waals surface area contributed by atoms with Gasteiger partial charge in [-0.15, -0.1) is 0 Å².